The van der Waals surface area contributed by atoms with Crippen molar-refractivity contribution >= 4 is 17.1 Å². The van der Waals surface area contributed by atoms with E-state index in [9.17, 15) is 18.8 Å². The Morgan fingerprint density at radius 3 is 2.87 bits per heavy atom. The van der Waals surface area contributed by atoms with Crippen LogP contribution in [-0.4, -0.2) is 31.7 Å². The van der Waals surface area contributed by atoms with Crippen molar-refractivity contribution in [1.29, 1.82) is 5.26 Å². The molecule has 150 valence electrons. The van der Waals surface area contributed by atoms with Gasteiger partial charge in [0.1, 0.15) is 6.54 Å². The summed E-state index contributed by atoms with van der Waals surface area (Å²) in [6.45, 7) is 1.24. The largest absolute Gasteiger partial charge is 0.322 e. The molecule has 1 aromatic carbocycles. The molecular formula is C21H16F2N6O. The van der Waals surface area contributed by atoms with E-state index in [1.165, 1.54) is 18.6 Å². The van der Waals surface area contributed by atoms with Crippen LogP contribution >= 0.6 is 0 Å². The van der Waals surface area contributed by atoms with Gasteiger partial charge in [-0.25, -0.2) is 13.3 Å². The number of hydrogen-bond donors (Lipinski definition) is 1. The molecule has 0 atom stereocenters. The first-order valence-corrected chi connectivity index (χ1v) is 9.05. The predicted octanol–water partition coefficient (Wildman–Crippen LogP) is 3.90. The molecule has 4 rings (SSSR count). The second-order valence-corrected chi connectivity index (χ2v) is 6.71. The van der Waals surface area contributed by atoms with Gasteiger partial charge in [0.25, 0.3) is 12.3 Å². The molecule has 0 saturated carbocycles. The molecule has 9 heteroatoms. The highest BCUT2D eigenvalue weighted by Gasteiger charge is 2.17. The van der Waals surface area contributed by atoms with Crippen LogP contribution in [0, 0.1) is 18.3 Å². The van der Waals surface area contributed by atoms with Crippen LogP contribution in [0.3, 0.4) is 0 Å². The molecule has 0 fully saturated rings. The van der Waals surface area contributed by atoms with Gasteiger partial charge in [-0.05, 0) is 36.8 Å². The molecule has 0 unspecified atom stereocenters. The Balaban J connectivity index is 1.69. The number of aryl methyl sites for hydroxylation is 1. The van der Waals surface area contributed by atoms with Gasteiger partial charge in [0.2, 0.25) is 0 Å². The van der Waals surface area contributed by atoms with Crippen LogP contribution in [0.5, 0.6) is 0 Å². The molecule has 4 aromatic rings. The summed E-state index contributed by atoms with van der Waals surface area (Å²) in [4.78, 5) is 12.8. The summed E-state index contributed by atoms with van der Waals surface area (Å²) >= 11 is 0. The summed E-state index contributed by atoms with van der Waals surface area (Å²) in [5.41, 5.74) is 3.64. The number of rotatable bonds is 5. The summed E-state index contributed by atoms with van der Waals surface area (Å²) in [7, 11) is 0. The number of pyridine rings is 1. The van der Waals surface area contributed by atoms with Gasteiger partial charge in [-0.2, -0.15) is 15.5 Å². The van der Waals surface area contributed by atoms with E-state index in [0.29, 0.717) is 39.0 Å². The maximum atomic E-state index is 12.8. The number of amides is 1. The Kier molecular flexibility index (Phi) is 4.98. The molecule has 0 saturated heterocycles. The number of carbonyl (C=O) groups is 1. The third-order valence-electron chi connectivity index (χ3n) is 4.67. The molecule has 0 aliphatic heterocycles. The van der Waals surface area contributed by atoms with Crippen molar-refractivity contribution < 1.29 is 13.6 Å². The predicted molar refractivity (Wildman–Crippen MR) is 106 cm³/mol. The number of aromatic nitrogens is 4. The molecule has 0 bridgehead atoms. The normalized spacial score (nSPS) is 11.0. The number of anilines is 1. The zero-order valence-corrected chi connectivity index (χ0v) is 15.9. The molecule has 3 heterocycles. The number of halogens is 2. The lowest BCUT2D eigenvalue weighted by Crippen LogP contribution is -2.13. The zero-order valence-electron chi connectivity index (χ0n) is 15.9. The van der Waals surface area contributed by atoms with Gasteiger partial charge < -0.3 is 5.32 Å². The van der Waals surface area contributed by atoms with Crippen LogP contribution in [0.25, 0.3) is 16.6 Å². The van der Waals surface area contributed by atoms with E-state index in [2.05, 4.69) is 21.6 Å². The maximum absolute atomic E-state index is 12.8. The first kappa shape index (κ1) is 19.3. The van der Waals surface area contributed by atoms with Crippen LogP contribution in [0.15, 0.2) is 55.1 Å². The Morgan fingerprint density at radius 1 is 1.27 bits per heavy atom. The third-order valence-corrected chi connectivity index (χ3v) is 4.67. The van der Waals surface area contributed by atoms with Gasteiger partial charge in [-0.1, -0.05) is 6.07 Å². The minimum absolute atomic E-state index is 0.344. The van der Waals surface area contributed by atoms with Crippen molar-refractivity contribution in [3.63, 3.8) is 0 Å². The number of carbonyl (C=O) groups excluding carboxylic acids is 1. The van der Waals surface area contributed by atoms with Gasteiger partial charge in [-0.15, -0.1) is 0 Å². The number of nitrogens with one attached hydrogen (secondary N) is 1. The fourth-order valence-corrected chi connectivity index (χ4v) is 3.22. The topological polar surface area (TPSA) is 88.0 Å². The summed E-state index contributed by atoms with van der Waals surface area (Å²) in [6.07, 6.45) is 3.57. The molecule has 30 heavy (non-hydrogen) atoms. The molecule has 1 N–H and O–H groups in total. The van der Waals surface area contributed by atoms with E-state index >= 15 is 0 Å². The number of nitrogens with zero attached hydrogens (tertiary/aromatic N) is 5. The van der Waals surface area contributed by atoms with Crippen molar-refractivity contribution in [3.05, 3.63) is 71.8 Å². The molecule has 7 nitrogen and oxygen atoms in total. The lowest BCUT2D eigenvalue weighted by atomic mass is 9.99. The third kappa shape index (κ3) is 3.63. The smallest absolute Gasteiger partial charge is 0.259 e. The van der Waals surface area contributed by atoms with Crippen molar-refractivity contribution in [3.8, 4) is 17.2 Å². The van der Waals surface area contributed by atoms with Gasteiger partial charge in [-0.3, -0.25) is 9.48 Å². The Bertz CT molecular complexity index is 1280. The molecular weight excluding hydrogens is 390 g/mol. The van der Waals surface area contributed by atoms with Gasteiger partial charge >= 0.3 is 0 Å². The number of alkyl halides is 2. The molecule has 0 spiro atoms. The maximum Gasteiger partial charge on any atom is 0.259 e. The second-order valence-electron chi connectivity index (χ2n) is 6.71. The average Bonchev–Trinajstić information content (AvgIpc) is 3.35. The Hall–Kier alpha value is -4.06. The number of benzene rings is 1. The van der Waals surface area contributed by atoms with Crippen molar-refractivity contribution in [2.24, 2.45) is 0 Å². The summed E-state index contributed by atoms with van der Waals surface area (Å²) in [5.74, 6) is -0.344. The first-order valence-electron chi connectivity index (χ1n) is 9.05. The zero-order chi connectivity index (χ0) is 21.3. The van der Waals surface area contributed by atoms with Crippen molar-refractivity contribution in [2.75, 3.05) is 5.32 Å². The van der Waals surface area contributed by atoms with E-state index in [-0.39, 0.29) is 5.91 Å². The molecule has 0 aliphatic carbocycles. The number of hydrogen-bond acceptors (Lipinski definition) is 4. The Morgan fingerprint density at radius 2 is 2.10 bits per heavy atom. The van der Waals surface area contributed by atoms with E-state index in [0.717, 1.165) is 4.68 Å². The van der Waals surface area contributed by atoms with E-state index < -0.39 is 13.0 Å². The lowest BCUT2D eigenvalue weighted by molar-refractivity contribution is 0.102. The Labute approximate surface area is 170 Å². The number of fused-ring (bicyclic) bond motifs is 1. The highest BCUT2D eigenvalue weighted by molar-refractivity contribution is 6.09. The molecule has 0 aliphatic rings. The van der Waals surface area contributed by atoms with Crippen molar-refractivity contribution in [2.45, 2.75) is 19.9 Å². The lowest BCUT2D eigenvalue weighted by Gasteiger charge is -2.11. The standard InChI is InChI=1S/C21H16F2N6O/c1-13-6-14(8-24)16(15-9-25-28(11-15)12-20(22)23)7-18(13)27-21(30)17-10-26-29-5-3-2-4-19(17)29/h2-7,9-11,20H,12H2,1H3,(H,27,30). The molecule has 3 aromatic heterocycles. The van der Waals surface area contributed by atoms with Crippen LogP contribution < -0.4 is 5.32 Å². The quantitative estimate of drug-likeness (QED) is 0.545. The fourth-order valence-electron chi connectivity index (χ4n) is 3.22. The summed E-state index contributed by atoms with van der Waals surface area (Å²) in [5, 5.41) is 20.4. The van der Waals surface area contributed by atoms with Gasteiger partial charge in [0.05, 0.1) is 35.1 Å². The molecule has 0 radical (unpaired) electrons. The highest BCUT2D eigenvalue weighted by Crippen LogP contribution is 2.30. The van der Waals surface area contributed by atoms with Crippen LogP contribution in [0.2, 0.25) is 0 Å². The van der Waals surface area contributed by atoms with E-state index in [1.54, 1.807) is 35.8 Å². The minimum atomic E-state index is -2.54. The van der Waals surface area contributed by atoms with Crippen LogP contribution in [0.4, 0.5) is 14.5 Å². The van der Waals surface area contributed by atoms with Gasteiger partial charge in [0.15, 0.2) is 0 Å². The fraction of sp³-hybridized carbons (Fsp3) is 0.143. The van der Waals surface area contributed by atoms with Crippen LogP contribution in [-0.2, 0) is 6.54 Å². The summed E-state index contributed by atoms with van der Waals surface area (Å²) in [6, 6.07) is 10.8. The SMILES string of the molecule is Cc1cc(C#N)c(-c2cnn(CC(F)F)c2)cc1NC(=O)c1cnn2ccccc12. The van der Waals surface area contributed by atoms with Crippen molar-refractivity contribution in [1.82, 2.24) is 19.4 Å². The monoisotopic (exact) mass is 406 g/mol. The molecule has 1 amide bonds. The highest BCUT2D eigenvalue weighted by atomic mass is 19.3. The van der Waals surface area contributed by atoms with Crippen LogP contribution in [0.1, 0.15) is 21.5 Å². The van der Waals surface area contributed by atoms with E-state index in [4.69, 9.17) is 0 Å². The second kappa shape index (κ2) is 7.75. The first-order chi connectivity index (χ1) is 14.5. The minimum Gasteiger partial charge on any atom is -0.322 e. The average molecular weight is 406 g/mol. The summed E-state index contributed by atoms with van der Waals surface area (Å²) < 4.78 is 28.0. The van der Waals surface area contributed by atoms with Gasteiger partial charge in [0, 0.05) is 29.2 Å². The number of nitriles is 1. The van der Waals surface area contributed by atoms with E-state index in [1.807, 2.05) is 12.1 Å².